The van der Waals surface area contributed by atoms with Crippen LogP contribution in [-0.4, -0.2) is 23.5 Å². The fraction of sp³-hybridized carbons (Fsp3) is 0.0500. The van der Waals surface area contributed by atoms with E-state index in [0.29, 0.717) is 11.5 Å². The highest BCUT2D eigenvalue weighted by Crippen LogP contribution is 2.28. The minimum atomic E-state index is -0.533. The smallest absolute Gasteiger partial charge is 0.279 e. The summed E-state index contributed by atoms with van der Waals surface area (Å²) in [6, 6.07) is 15.6. The third-order valence-corrected chi connectivity index (χ3v) is 4.78. The maximum absolute atomic E-state index is 13.5. The molecule has 8 heteroatoms. The Morgan fingerprint density at radius 1 is 1.00 bits per heavy atom. The number of benzene rings is 2. The highest BCUT2D eigenvalue weighted by Gasteiger charge is 2.20. The van der Waals surface area contributed by atoms with Gasteiger partial charge in [-0.25, -0.2) is 9.18 Å². The zero-order valence-corrected chi connectivity index (χ0v) is 14.8. The summed E-state index contributed by atoms with van der Waals surface area (Å²) < 4.78 is 18.2. The van der Waals surface area contributed by atoms with Crippen LogP contribution in [0.25, 0.3) is 33.9 Å². The molecule has 0 amide bonds. The number of rotatable bonds is 2. The quantitative estimate of drug-likeness (QED) is 0.515. The van der Waals surface area contributed by atoms with Gasteiger partial charge in [0.25, 0.3) is 5.56 Å². The summed E-state index contributed by atoms with van der Waals surface area (Å²) in [6.07, 6.45) is 1.79. The van der Waals surface area contributed by atoms with Crippen molar-refractivity contribution in [3.05, 3.63) is 87.4 Å². The number of halogens is 1. The summed E-state index contributed by atoms with van der Waals surface area (Å²) in [5, 5.41) is 0. The van der Waals surface area contributed by atoms with Crippen molar-refractivity contribution in [1.29, 1.82) is 0 Å². The van der Waals surface area contributed by atoms with Crippen LogP contribution in [0.2, 0.25) is 0 Å². The topological polar surface area (TPSA) is 77.1 Å². The first-order valence-corrected chi connectivity index (χ1v) is 8.59. The highest BCUT2D eigenvalue weighted by atomic mass is 19.1. The van der Waals surface area contributed by atoms with Gasteiger partial charge in [-0.15, -0.1) is 0 Å². The van der Waals surface area contributed by atoms with Gasteiger partial charge in [-0.05, 0) is 24.3 Å². The molecular formula is C20H14FN5O2. The number of aromatic amines is 1. The van der Waals surface area contributed by atoms with Gasteiger partial charge in [-0.2, -0.15) is 4.98 Å². The predicted octanol–water partition coefficient (Wildman–Crippen LogP) is 2.47. The van der Waals surface area contributed by atoms with Crippen molar-refractivity contribution in [2.45, 2.75) is 0 Å². The first-order valence-electron chi connectivity index (χ1n) is 8.59. The first-order chi connectivity index (χ1) is 13.5. The molecule has 0 saturated carbocycles. The monoisotopic (exact) mass is 375 g/mol. The average molecular weight is 375 g/mol. The molecule has 28 heavy (non-hydrogen) atoms. The van der Waals surface area contributed by atoms with Crippen molar-refractivity contribution in [2.75, 3.05) is 0 Å². The van der Waals surface area contributed by atoms with Crippen LogP contribution in [0.1, 0.15) is 0 Å². The van der Waals surface area contributed by atoms with E-state index in [1.165, 1.54) is 16.7 Å². The van der Waals surface area contributed by atoms with E-state index < -0.39 is 11.2 Å². The summed E-state index contributed by atoms with van der Waals surface area (Å²) in [4.78, 5) is 31.3. The average Bonchev–Trinajstić information content (AvgIpc) is 3.24. The predicted molar refractivity (Wildman–Crippen MR) is 103 cm³/mol. The Balaban J connectivity index is 1.96. The molecule has 0 aliphatic heterocycles. The fourth-order valence-corrected chi connectivity index (χ4v) is 3.42. The van der Waals surface area contributed by atoms with E-state index in [9.17, 15) is 14.0 Å². The van der Waals surface area contributed by atoms with Gasteiger partial charge in [0.15, 0.2) is 11.2 Å². The van der Waals surface area contributed by atoms with E-state index >= 15 is 0 Å². The van der Waals surface area contributed by atoms with E-state index in [4.69, 9.17) is 0 Å². The van der Waals surface area contributed by atoms with Crippen LogP contribution < -0.4 is 11.2 Å². The van der Waals surface area contributed by atoms with Gasteiger partial charge in [0.1, 0.15) is 5.82 Å². The minimum Gasteiger partial charge on any atom is -0.279 e. The normalized spacial score (nSPS) is 11.5. The molecule has 7 nitrogen and oxygen atoms in total. The van der Waals surface area contributed by atoms with Crippen LogP contribution in [0, 0.1) is 5.82 Å². The van der Waals surface area contributed by atoms with Crippen molar-refractivity contribution in [3.63, 3.8) is 0 Å². The minimum absolute atomic E-state index is 0.273. The first kappa shape index (κ1) is 16.2. The van der Waals surface area contributed by atoms with Crippen molar-refractivity contribution in [2.24, 2.45) is 7.05 Å². The lowest BCUT2D eigenvalue weighted by Crippen LogP contribution is -2.28. The molecule has 0 unspecified atom stereocenters. The lowest BCUT2D eigenvalue weighted by Gasteiger charge is -2.09. The standard InChI is InChI=1S/C20H14FN5O2/c1-24-17-16(18(27)23-20(24)28)25-11-15(12-5-3-2-4-6-12)26(19(25)22-17)14-9-7-13(21)8-10-14/h2-11H,1H3,(H,23,27,28). The number of nitrogens with zero attached hydrogens (tertiary/aromatic N) is 4. The molecule has 5 aromatic rings. The molecule has 0 atom stereocenters. The molecule has 0 bridgehead atoms. The van der Waals surface area contributed by atoms with Gasteiger partial charge in [0.2, 0.25) is 5.78 Å². The molecule has 138 valence electrons. The number of aryl methyl sites for hydroxylation is 1. The molecular weight excluding hydrogens is 361 g/mol. The van der Waals surface area contributed by atoms with Gasteiger partial charge in [0, 0.05) is 24.5 Å². The Kier molecular flexibility index (Phi) is 3.35. The van der Waals surface area contributed by atoms with E-state index in [1.54, 1.807) is 29.8 Å². The molecule has 0 aliphatic rings. The van der Waals surface area contributed by atoms with Crippen LogP contribution in [0.5, 0.6) is 0 Å². The molecule has 0 saturated heterocycles. The second-order valence-corrected chi connectivity index (χ2v) is 6.46. The number of imidazole rings is 2. The summed E-state index contributed by atoms with van der Waals surface area (Å²) in [7, 11) is 1.55. The van der Waals surface area contributed by atoms with Crippen molar-refractivity contribution in [3.8, 4) is 16.9 Å². The number of fused-ring (bicyclic) bond motifs is 3. The van der Waals surface area contributed by atoms with E-state index in [2.05, 4.69) is 9.97 Å². The second-order valence-electron chi connectivity index (χ2n) is 6.46. The Morgan fingerprint density at radius 3 is 2.43 bits per heavy atom. The van der Waals surface area contributed by atoms with Crippen molar-refractivity contribution >= 4 is 16.9 Å². The van der Waals surface area contributed by atoms with Crippen LogP contribution in [0.3, 0.4) is 0 Å². The number of H-pyrrole nitrogens is 1. The zero-order valence-electron chi connectivity index (χ0n) is 14.8. The maximum atomic E-state index is 13.5. The molecule has 0 radical (unpaired) electrons. The van der Waals surface area contributed by atoms with Crippen LogP contribution in [0.15, 0.2) is 70.4 Å². The lowest BCUT2D eigenvalue weighted by molar-refractivity contribution is 0.627. The van der Waals surface area contributed by atoms with Gasteiger partial charge in [0.05, 0.1) is 5.69 Å². The second kappa shape index (κ2) is 5.78. The highest BCUT2D eigenvalue weighted by molar-refractivity contribution is 5.79. The lowest BCUT2D eigenvalue weighted by atomic mass is 10.1. The molecule has 3 heterocycles. The van der Waals surface area contributed by atoms with Crippen molar-refractivity contribution in [1.82, 2.24) is 23.5 Å². The summed E-state index contributed by atoms with van der Waals surface area (Å²) in [6.45, 7) is 0. The molecule has 5 rings (SSSR count). The van der Waals surface area contributed by atoms with E-state index in [1.807, 2.05) is 34.9 Å². The van der Waals surface area contributed by atoms with Crippen LogP contribution >= 0.6 is 0 Å². The number of nitrogens with one attached hydrogen (secondary N) is 1. The maximum Gasteiger partial charge on any atom is 0.329 e. The molecule has 0 aliphatic carbocycles. The largest absolute Gasteiger partial charge is 0.329 e. The molecule has 2 aromatic carbocycles. The number of hydrogen-bond acceptors (Lipinski definition) is 3. The molecule has 0 spiro atoms. The van der Waals surface area contributed by atoms with Crippen molar-refractivity contribution < 1.29 is 4.39 Å². The van der Waals surface area contributed by atoms with Gasteiger partial charge in [-0.3, -0.25) is 23.3 Å². The third kappa shape index (κ3) is 2.24. The Bertz CT molecular complexity index is 1460. The summed E-state index contributed by atoms with van der Waals surface area (Å²) >= 11 is 0. The van der Waals surface area contributed by atoms with Gasteiger partial charge in [-0.1, -0.05) is 30.3 Å². The van der Waals surface area contributed by atoms with Gasteiger partial charge >= 0.3 is 5.69 Å². The molecule has 1 N–H and O–H groups in total. The summed E-state index contributed by atoms with van der Waals surface area (Å²) in [5.74, 6) is 0.104. The number of hydrogen-bond donors (Lipinski definition) is 1. The Morgan fingerprint density at radius 2 is 1.71 bits per heavy atom. The van der Waals surface area contributed by atoms with Crippen LogP contribution in [-0.2, 0) is 7.05 Å². The Labute approximate surface area is 156 Å². The zero-order chi connectivity index (χ0) is 19.4. The molecule has 0 fully saturated rings. The van der Waals surface area contributed by atoms with Crippen LogP contribution in [0.4, 0.5) is 4.39 Å². The fourth-order valence-electron chi connectivity index (χ4n) is 3.42. The molecule has 3 aromatic heterocycles. The van der Waals surface area contributed by atoms with E-state index in [0.717, 1.165) is 11.3 Å². The Hall–Kier alpha value is -3.94. The van der Waals surface area contributed by atoms with E-state index in [-0.39, 0.29) is 17.0 Å². The number of aromatic nitrogens is 5. The summed E-state index contributed by atoms with van der Waals surface area (Å²) in [5.41, 5.74) is 1.88. The van der Waals surface area contributed by atoms with Gasteiger partial charge < -0.3 is 0 Å². The third-order valence-electron chi connectivity index (χ3n) is 4.78. The SMILES string of the molecule is Cn1c(=O)[nH]c(=O)c2c1nc1n(-c3ccc(F)cc3)c(-c3ccccc3)cn21.